The number of anilines is 2. The molecular weight excluding hydrogens is 504 g/mol. The number of aromatic nitrogens is 2. The average Bonchev–Trinajstić information content (AvgIpc) is 3.28. The minimum Gasteiger partial charge on any atom is -0.299 e. The summed E-state index contributed by atoms with van der Waals surface area (Å²) < 4.78 is 28.2. The molecule has 10 heteroatoms. The lowest BCUT2D eigenvalue weighted by Crippen LogP contribution is -2.38. The number of nitrogens with one attached hydrogen (secondary N) is 1. The molecule has 0 aliphatic carbocycles. The maximum absolute atomic E-state index is 13.6. The zero-order valence-corrected chi connectivity index (χ0v) is 21.7. The molecule has 0 spiro atoms. The van der Waals surface area contributed by atoms with E-state index in [1.54, 1.807) is 48.5 Å². The van der Waals surface area contributed by atoms with Crippen LogP contribution < -0.4 is 9.62 Å². The summed E-state index contributed by atoms with van der Waals surface area (Å²) in [6, 6.07) is 18.9. The Morgan fingerprint density at radius 3 is 2.29 bits per heavy atom. The van der Waals surface area contributed by atoms with Crippen molar-refractivity contribution in [3.8, 4) is 10.6 Å². The number of aryl methyl sites for hydroxylation is 3. The monoisotopic (exact) mass is 526 g/mol. The zero-order chi connectivity index (χ0) is 25.2. The lowest BCUT2D eigenvalue weighted by atomic mass is 10.1. The van der Waals surface area contributed by atoms with Crippen LogP contribution in [0, 0.1) is 20.8 Å². The highest BCUT2D eigenvalue weighted by atomic mass is 35.5. The third-order valence-corrected chi connectivity index (χ3v) is 8.37. The molecule has 0 aliphatic heterocycles. The van der Waals surface area contributed by atoms with E-state index in [0.29, 0.717) is 15.7 Å². The van der Waals surface area contributed by atoms with Crippen molar-refractivity contribution in [2.45, 2.75) is 25.7 Å². The third-order valence-electron chi connectivity index (χ3n) is 5.44. The summed E-state index contributed by atoms with van der Waals surface area (Å²) in [4.78, 5) is 13.1. The van der Waals surface area contributed by atoms with Gasteiger partial charge in [0.1, 0.15) is 11.6 Å². The second-order valence-electron chi connectivity index (χ2n) is 8.06. The van der Waals surface area contributed by atoms with Gasteiger partial charge in [0.2, 0.25) is 11.0 Å². The van der Waals surface area contributed by atoms with E-state index >= 15 is 0 Å². The highest BCUT2D eigenvalue weighted by Crippen LogP contribution is 2.29. The van der Waals surface area contributed by atoms with Gasteiger partial charge in [-0.3, -0.25) is 14.4 Å². The number of sulfonamides is 1. The van der Waals surface area contributed by atoms with E-state index in [0.717, 1.165) is 26.6 Å². The van der Waals surface area contributed by atoms with Crippen molar-refractivity contribution in [2.24, 2.45) is 0 Å². The van der Waals surface area contributed by atoms with Gasteiger partial charge in [0, 0.05) is 10.6 Å². The van der Waals surface area contributed by atoms with Crippen molar-refractivity contribution < 1.29 is 13.2 Å². The Bertz CT molecular complexity index is 1470. The van der Waals surface area contributed by atoms with Gasteiger partial charge >= 0.3 is 0 Å². The number of hydrogen-bond donors (Lipinski definition) is 1. The maximum atomic E-state index is 13.6. The van der Waals surface area contributed by atoms with Gasteiger partial charge in [-0.2, -0.15) is 0 Å². The van der Waals surface area contributed by atoms with Crippen molar-refractivity contribution in [1.82, 2.24) is 10.2 Å². The fourth-order valence-corrected chi connectivity index (χ4v) is 5.61. The summed E-state index contributed by atoms with van der Waals surface area (Å²) in [6.07, 6.45) is 0. The van der Waals surface area contributed by atoms with Crippen LogP contribution in [-0.2, 0) is 14.8 Å². The van der Waals surface area contributed by atoms with Gasteiger partial charge in [-0.15, -0.1) is 10.2 Å². The molecule has 0 aliphatic rings. The van der Waals surface area contributed by atoms with Crippen LogP contribution in [-0.4, -0.2) is 31.1 Å². The number of halogens is 1. The van der Waals surface area contributed by atoms with Gasteiger partial charge in [-0.25, -0.2) is 8.42 Å². The smallest absolute Gasteiger partial charge is 0.264 e. The molecule has 180 valence electrons. The number of rotatable bonds is 7. The van der Waals surface area contributed by atoms with Gasteiger partial charge in [0.25, 0.3) is 10.0 Å². The van der Waals surface area contributed by atoms with Crippen LogP contribution >= 0.6 is 22.9 Å². The molecule has 0 saturated carbocycles. The average molecular weight is 527 g/mol. The highest BCUT2D eigenvalue weighted by molar-refractivity contribution is 7.92. The summed E-state index contributed by atoms with van der Waals surface area (Å²) in [7, 11) is -4.00. The Morgan fingerprint density at radius 1 is 0.943 bits per heavy atom. The van der Waals surface area contributed by atoms with Crippen molar-refractivity contribution in [1.29, 1.82) is 0 Å². The number of hydrogen-bond acceptors (Lipinski definition) is 6. The van der Waals surface area contributed by atoms with E-state index in [1.807, 2.05) is 39.0 Å². The van der Waals surface area contributed by atoms with Crippen molar-refractivity contribution in [2.75, 3.05) is 16.2 Å². The van der Waals surface area contributed by atoms with Gasteiger partial charge in [0.05, 0.1) is 10.6 Å². The number of nitrogens with zero attached hydrogens (tertiary/aromatic N) is 3. The molecule has 35 heavy (non-hydrogen) atoms. The van der Waals surface area contributed by atoms with Crippen LogP contribution in [0.15, 0.2) is 71.6 Å². The molecule has 0 atom stereocenters. The number of carbonyl (C=O) groups is 1. The van der Waals surface area contributed by atoms with Gasteiger partial charge in [-0.1, -0.05) is 58.8 Å². The molecular formula is C25H23ClN4O3S2. The van der Waals surface area contributed by atoms with Crippen LogP contribution in [0.2, 0.25) is 5.02 Å². The van der Waals surface area contributed by atoms with Crippen LogP contribution in [0.3, 0.4) is 0 Å². The summed E-state index contributed by atoms with van der Waals surface area (Å²) >= 11 is 7.12. The third kappa shape index (κ3) is 5.70. The van der Waals surface area contributed by atoms with Gasteiger partial charge in [0.15, 0.2) is 0 Å². The molecule has 1 aromatic heterocycles. The minimum atomic E-state index is -4.00. The Balaban J connectivity index is 1.60. The SMILES string of the molecule is Cc1ccc(S(=O)(=O)N(CC(=O)Nc2nnc(-c3ccc(Cl)cc3)s2)c2ccc(C)c(C)c2)cc1. The van der Waals surface area contributed by atoms with E-state index in [1.165, 1.54) is 11.3 Å². The lowest BCUT2D eigenvalue weighted by Gasteiger charge is -2.24. The summed E-state index contributed by atoms with van der Waals surface area (Å²) in [6.45, 7) is 5.30. The van der Waals surface area contributed by atoms with E-state index in [-0.39, 0.29) is 10.0 Å². The van der Waals surface area contributed by atoms with E-state index in [9.17, 15) is 13.2 Å². The summed E-state index contributed by atoms with van der Waals surface area (Å²) in [5.74, 6) is -0.530. The van der Waals surface area contributed by atoms with Crippen LogP contribution in [0.4, 0.5) is 10.8 Å². The molecule has 4 rings (SSSR count). The Hall–Kier alpha value is -3.27. The molecule has 1 amide bonds. The van der Waals surface area contributed by atoms with Gasteiger partial charge < -0.3 is 0 Å². The molecule has 0 fully saturated rings. The molecule has 1 N–H and O–H groups in total. The second-order valence-corrected chi connectivity index (χ2v) is 11.3. The van der Waals surface area contributed by atoms with Crippen molar-refractivity contribution in [3.05, 3.63) is 88.4 Å². The Labute approximate surface area is 213 Å². The largest absolute Gasteiger partial charge is 0.299 e. The summed E-state index contributed by atoms with van der Waals surface area (Å²) in [5.41, 5.74) is 4.10. The molecule has 7 nitrogen and oxygen atoms in total. The number of amides is 1. The van der Waals surface area contributed by atoms with E-state index in [2.05, 4.69) is 15.5 Å². The number of carbonyl (C=O) groups excluding carboxylic acids is 1. The fraction of sp³-hybridized carbons (Fsp3) is 0.160. The molecule has 4 aromatic rings. The molecule has 1 heterocycles. The van der Waals surface area contributed by atoms with Crippen LogP contribution in [0.5, 0.6) is 0 Å². The highest BCUT2D eigenvalue weighted by Gasteiger charge is 2.28. The topological polar surface area (TPSA) is 92.3 Å². The van der Waals surface area contributed by atoms with Crippen LogP contribution in [0.25, 0.3) is 10.6 Å². The Morgan fingerprint density at radius 2 is 1.63 bits per heavy atom. The Kier molecular flexibility index (Phi) is 7.20. The molecule has 3 aromatic carbocycles. The number of benzene rings is 3. The van der Waals surface area contributed by atoms with E-state index in [4.69, 9.17) is 11.6 Å². The maximum Gasteiger partial charge on any atom is 0.264 e. The standard InChI is InChI=1S/C25H23ClN4O3S2/c1-16-4-12-22(13-5-16)35(32,33)30(21-11-6-17(2)18(3)14-21)15-23(31)27-25-29-28-24(34-25)19-7-9-20(26)10-8-19/h4-14H,15H2,1-3H3,(H,27,29,31). The van der Waals surface area contributed by atoms with Crippen molar-refractivity contribution >= 4 is 49.7 Å². The molecule has 0 radical (unpaired) electrons. The lowest BCUT2D eigenvalue weighted by molar-refractivity contribution is -0.114. The fourth-order valence-electron chi connectivity index (χ4n) is 3.31. The first-order chi connectivity index (χ1) is 16.6. The van der Waals surface area contributed by atoms with E-state index < -0.39 is 22.5 Å². The second kappa shape index (κ2) is 10.2. The van der Waals surface area contributed by atoms with Crippen LogP contribution in [0.1, 0.15) is 16.7 Å². The zero-order valence-electron chi connectivity index (χ0n) is 19.3. The quantitative estimate of drug-likeness (QED) is 0.337. The molecule has 0 bridgehead atoms. The van der Waals surface area contributed by atoms with Gasteiger partial charge in [-0.05, 0) is 68.3 Å². The minimum absolute atomic E-state index is 0.107. The predicted octanol–water partition coefficient (Wildman–Crippen LogP) is 5.62. The summed E-state index contributed by atoms with van der Waals surface area (Å²) in [5, 5.41) is 12.3. The normalized spacial score (nSPS) is 11.3. The van der Waals surface area contributed by atoms with Crippen molar-refractivity contribution in [3.63, 3.8) is 0 Å². The first kappa shape index (κ1) is 24.8. The first-order valence-electron chi connectivity index (χ1n) is 10.7. The predicted molar refractivity (Wildman–Crippen MR) is 141 cm³/mol. The molecule has 0 saturated heterocycles. The molecule has 0 unspecified atom stereocenters. The first-order valence-corrected chi connectivity index (χ1v) is 13.3.